The van der Waals surface area contributed by atoms with Gasteiger partial charge in [0.15, 0.2) is 0 Å². The van der Waals surface area contributed by atoms with Gasteiger partial charge in [-0.25, -0.2) is 0 Å². The standard InChI is InChI=1S/C13H17NO3Si/c1-15-18(16-2,17-10-14)13-9-5-7-11-6-3-4-8-12(11)13/h3-9H,10,14H2,1-2H3. The molecule has 96 valence electrons. The van der Waals surface area contributed by atoms with Gasteiger partial charge in [0.2, 0.25) is 0 Å². The van der Waals surface area contributed by atoms with Crippen LogP contribution in [0.25, 0.3) is 10.8 Å². The van der Waals surface area contributed by atoms with Crippen LogP contribution in [0.2, 0.25) is 0 Å². The normalized spacial score (nSPS) is 11.9. The third-order valence-corrected chi connectivity index (χ3v) is 5.65. The molecule has 2 rings (SSSR count). The SMILES string of the molecule is CO[Si](OC)(OCN)c1cccc2ccccc12. The van der Waals surface area contributed by atoms with Crippen LogP contribution in [0.5, 0.6) is 0 Å². The van der Waals surface area contributed by atoms with Gasteiger partial charge in [0.1, 0.15) is 0 Å². The van der Waals surface area contributed by atoms with Gasteiger partial charge >= 0.3 is 8.80 Å². The minimum atomic E-state index is -2.91. The van der Waals surface area contributed by atoms with E-state index in [0.717, 1.165) is 16.0 Å². The van der Waals surface area contributed by atoms with Crippen molar-refractivity contribution < 1.29 is 13.3 Å². The zero-order chi connectivity index (χ0) is 13.0. The lowest BCUT2D eigenvalue weighted by Gasteiger charge is -2.26. The molecule has 0 atom stereocenters. The van der Waals surface area contributed by atoms with Crippen LogP contribution in [0.4, 0.5) is 0 Å². The monoisotopic (exact) mass is 263 g/mol. The van der Waals surface area contributed by atoms with Crippen molar-refractivity contribution in [3.05, 3.63) is 42.5 Å². The summed E-state index contributed by atoms with van der Waals surface area (Å²) < 4.78 is 16.7. The minimum absolute atomic E-state index is 0.0666. The summed E-state index contributed by atoms with van der Waals surface area (Å²) in [4.78, 5) is 0. The third kappa shape index (κ3) is 2.18. The fourth-order valence-corrected chi connectivity index (χ4v) is 4.18. The topological polar surface area (TPSA) is 53.7 Å². The summed E-state index contributed by atoms with van der Waals surface area (Å²) in [5.74, 6) is 0. The van der Waals surface area contributed by atoms with E-state index in [-0.39, 0.29) is 6.73 Å². The molecule has 4 nitrogen and oxygen atoms in total. The van der Waals surface area contributed by atoms with E-state index in [2.05, 4.69) is 0 Å². The van der Waals surface area contributed by atoms with Crippen molar-refractivity contribution in [3.63, 3.8) is 0 Å². The molecular formula is C13H17NO3Si. The molecule has 0 aliphatic carbocycles. The Morgan fingerprint density at radius 2 is 1.67 bits per heavy atom. The fraction of sp³-hybridized carbons (Fsp3) is 0.231. The molecule has 0 spiro atoms. The van der Waals surface area contributed by atoms with Gasteiger partial charge in [0, 0.05) is 19.4 Å². The average Bonchev–Trinajstić information content (AvgIpc) is 2.44. The van der Waals surface area contributed by atoms with Gasteiger partial charge in [-0.15, -0.1) is 0 Å². The first-order chi connectivity index (χ1) is 8.77. The van der Waals surface area contributed by atoms with Crippen molar-refractivity contribution in [3.8, 4) is 0 Å². The largest absolute Gasteiger partial charge is 0.538 e. The van der Waals surface area contributed by atoms with Crippen LogP contribution < -0.4 is 10.9 Å². The van der Waals surface area contributed by atoms with Crippen molar-refractivity contribution in [2.45, 2.75) is 0 Å². The number of nitrogens with two attached hydrogens (primary N) is 1. The molecule has 5 heteroatoms. The second-order valence-corrected chi connectivity index (χ2v) is 6.56. The summed E-state index contributed by atoms with van der Waals surface area (Å²) in [5, 5.41) is 3.14. The van der Waals surface area contributed by atoms with Crippen LogP contribution in [0.1, 0.15) is 0 Å². The van der Waals surface area contributed by atoms with E-state index in [1.165, 1.54) is 0 Å². The van der Waals surface area contributed by atoms with Gasteiger partial charge in [0.25, 0.3) is 0 Å². The van der Waals surface area contributed by atoms with Crippen molar-refractivity contribution in [2.75, 3.05) is 21.0 Å². The first-order valence-electron chi connectivity index (χ1n) is 5.70. The van der Waals surface area contributed by atoms with Crippen molar-refractivity contribution >= 4 is 24.8 Å². The molecular weight excluding hydrogens is 246 g/mol. The highest BCUT2D eigenvalue weighted by molar-refractivity contribution is 6.77. The van der Waals surface area contributed by atoms with Gasteiger partial charge in [0.05, 0.1) is 6.73 Å². The predicted molar refractivity (Wildman–Crippen MR) is 73.5 cm³/mol. The van der Waals surface area contributed by atoms with E-state index < -0.39 is 8.80 Å². The van der Waals surface area contributed by atoms with Gasteiger partial charge in [-0.05, 0) is 10.8 Å². The lowest BCUT2D eigenvalue weighted by Crippen LogP contribution is -2.56. The van der Waals surface area contributed by atoms with Crippen LogP contribution in [0.3, 0.4) is 0 Å². The molecule has 2 aromatic rings. The Balaban J connectivity index is 2.64. The van der Waals surface area contributed by atoms with Crippen molar-refractivity contribution in [1.29, 1.82) is 0 Å². The Labute approximate surface area is 108 Å². The molecule has 0 heterocycles. The van der Waals surface area contributed by atoms with Gasteiger partial charge in [-0.3, -0.25) is 0 Å². The maximum atomic E-state index is 5.59. The van der Waals surface area contributed by atoms with E-state index in [4.69, 9.17) is 19.0 Å². The van der Waals surface area contributed by atoms with E-state index in [0.29, 0.717) is 0 Å². The third-order valence-electron chi connectivity index (χ3n) is 2.93. The summed E-state index contributed by atoms with van der Waals surface area (Å²) in [6.45, 7) is 0.0666. The minimum Gasteiger partial charge on any atom is -0.373 e. The molecule has 0 saturated carbocycles. The molecule has 2 aromatic carbocycles. The van der Waals surface area contributed by atoms with Crippen LogP contribution >= 0.6 is 0 Å². The van der Waals surface area contributed by atoms with Gasteiger partial charge in [-0.2, -0.15) is 0 Å². The number of hydrogen-bond donors (Lipinski definition) is 1. The molecule has 0 aromatic heterocycles. The summed E-state index contributed by atoms with van der Waals surface area (Å²) in [6.07, 6.45) is 0. The first-order valence-corrected chi connectivity index (χ1v) is 7.42. The zero-order valence-corrected chi connectivity index (χ0v) is 11.6. The number of benzene rings is 2. The Kier molecular flexibility index (Phi) is 4.10. The molecule has 2 N–H and O–H groups in total. The van der Waals surface area contributed by atoms with E-state index in [1.807, 2.05) is 42.5 Å². The summed E-state index contributed by atoms with van der Waals surface area (Å²) in [7, 11) is 0.272. The van der Waals surface area contributed by atoms with E-state index in [9.17, 15) is 0 Å². The number of fused-ring (bicyclic) bond motifs is 1. The second-order valence-electron chi connectivity index (χ2n) is 3.80. The molecule has 0 bridgehead atoms. The lowest BCUT2D eigenvalue weighted by atomic mass is 10.1. The van der Waals surface area contributed by atoms with Crippen LogP contribution in [0, 0.1) is 0 Å². The second kappa shape index (κ2) is 5.60. The molecule has 0 aliphatic heterocycles. The summed E-state index contributed by atoms with van der Waals surface area (Å²) >= 11 is 0. The summed E-state index contributed by atoms with van der Waals surface area (Å²) in [5.41, 5.74) is 5.50. The molecule has 0 aliphatic rings. The van der Waals surface area contributed by atoms with E-state index in [1.54, 1.807) is 14.2 Å². The number of rotatable bonds is 5. The maximum absolute atomic E-state index is 5.59. The van der Waals surface area contributed by atoms with Crippen LogP contribution in [-0.2, 0) is 13.3 Å². The van der Waals surface area contributed by atoms with Crippen LogP contribution in [0.15, 0.2) is 42.5 Å². The fourth-order valence-electron chi connectivity index (χ4n) is 2.10. The highest BCUT2D eigenvalue weighted by Gasteiger charge is 2.42. The Morgan fingerprint density at radius 1 is 1.00 bits per heavy atom. The number of hydrogen-bond acceptors (Lipinski definition) is 4. The highest BCUT2D eigenvalue weighted by Crippen LogP contribution is 2.17. The molecule has 0 amide bonds. The quantitative estimate of drug-likeness (QED) is 0.651. The molecule has 0 radical (unpaired) electrons. The van der Waals surface area contributed by atoms with Gasteiger partial charge < -0.3 is 19.0 Å². The Morgan fingerprint density at radius 3 is 2.33 bits per heavy atom. The maximum Gasteiger partial charge on any atom is 0.538 e. The zero-order valence-electron chi connectivity index (χ0n) is 10.6. The highest BCUT2D eigenvalue weighted by atomic mass is 28.4. The lowest BCUT2D eigenvalue weighted by molar-refractivity contribution is 0.117. The molecule has 0 unspecified atom stereocenters. The molecule has 18 heavy (non-hydrogen) atoms. The average molecular weight is 263 g/mol. The Hall–Kier alpha value is -1.24. The summed E-state index contributed by atoms with van der Waals surface area (Å²) in [6, 6.07) is 14.0. The van der Waals surface area contributed by atoms with Crippen LogP contribution in [-0.4, -0.2) is 29.8 Å². The van der Waals surface area contributed by atoms with Gasteiger partial charge in [-0.1, -0.05) is 42.5 Å². The predicted octanol–water partition coefficient (Wildman–Crippen LogP) is 1.21. The van der Waals surface area contributed by atoms with E-state index >= 15 is 0 Å². The first kappa shape index (κ1) is 13.2. The molecule has 0 fully saturated rings. The smallest absolute Gasteiger partial charge is 0.373 e. The molecule has 0 saturated heterocycles. The Bertz CT molecular complexity index is 523. The van der Waals surface area contributed by atoms with Crippen molar-refractivity contribution in [1.82, 2.24) is 0 Å². The van der Waals surface area contributed by atoms with Crippen molar-refractivity contribution in [2.24, 2.45) is 5.73 Å².